The summed E-state index contributed by atoms with van der Waals surface area (Å²) in [7, 11) is 0. The average Bonchev–Trinajstić information content (AvgIpc) is 2.87. The molecule has 3 heterocycles. The fraction of sp³-hybridized carbons (Fsp3) is 0. The molecule has 4 aromatic rings. The number of benzene rings is 1. The van der Waals surface area contributed by atoms with Crippen LogP contribution in [-0.2, 0) is 0 Å². The fourth-order valence-electron chi connectivity index (χ4n) is 2.61. The summed E-state index contributed by atoms with van der Waals surface area (Å²) >= 11 is 0. The zero-order valence-electron chi connectivity index (χ0n) is 10.3. The maximum absolute atomic E-state index is 12.4. The van der Waals surface area contributed by atoms with Crippen LogP contribution in [0.2, 0.25) is 0 Å². The van der Waals surface area contributed by atoms with E-state index >= 15 is 0 Å². The van der Waals surface area contributed by atoms with Crippen molar-refractivity contribution in [3.8, 4) is 6.07 Å². The highest BCUT2D eigenvalue weighted by molar-refractivity contribution is 5.92. The topological polar surface area (TPSA) is 73.9 Å². The van der Waals surface area contributed by atoms with E-state index in [0.717, 1.165) is 11.0 Å². The Bertz CT molecular complexity index is 1080. The minimum atomic E-state index is -0.267. The van der Waals surface area contributed by atoms with Crippen molar-refractivity contribution in [2.24, 2.45) is 0 Å². The first-order valence-corrected chi connectivity index (χ1v) is 6.10. The Hall–Kier alpha value is -3.13. The van der Waals surface area contributed by atoms with Crippen LogP contribution in [0.5, 0.6) is 0 Å². The van der Waals surface area contributed by atoms with Crippen molar-refractivity contribution >= 4 is 27.6 Å². The molecular formula is C15H8N4O. The molecule has 5 nitrogen and oxygen atoms in total. The number of aromatic amines is 1. The normalized spacial score (nSPS) is 11.2. The van der Waals surface area contributed by atoms with Gasteiger partial charge in [0.15, 0.2) is 0 Å². The molecule has 94 valence electrons. The molecule has 4 rings (SSSR count). The summed E-state index contributed by atoms with van der Waals surface area (Å²) < 4.78 is 1.87. The van der Waals surface area contributed by atoms with Crippen LogP contribution < -0.4 is 5.43 Å². The van der Waals surface area contributed by atoms with Crippen LogP contribution in [0.25, 0.3) is 27.6 Å². The molecule has 0 amide bonds. The number of nitriles is 1. The largest absolute Gasteiger partial charge is 0.338 e. The van der Waals surface area contributed by atoms with Gasteiger partial charge in [0.2, 0.25) is 5.43 Å². The van der Waals surface area contributed by atoms with Crippen LogP contribution >= 0.6 is 0 Å². The van der Waals surface area contributed by atoms with Crippen molar-refractivity contribution in [3.63, 3.8) is 0 Å². The summed E-state index contributed by atoms with van der Waals surface area (Å²) in [4.78, 5) is 19.6. The second-order valence-corrected chi connectivity index (χ2v) is 4.53. The molecule has 0 spiro atoms. The molecule has 1 N–H and O–H groups in total. The monoisotopic (exact) mass is 260 g/mol. The average molecular weight is 260 g/mol. The van der Waals surface area contributed by atoms with Crippen LogP contribution in [0.4, 0.5) is 0 Å². The van der Waals surface area contributed by atoms with Crippen molar-refractivity contribution in [3.05, 3.63) is 58.5 Å². The van der Waals surface area contributed by atoms with E-state index in [1.165, 1.54) is 0 Å². The van der Waals surface area contributed by atoms with E-state index in [1.54, 1.807) is 18.5 Å². The Balaban J connectivity index is 2.48. The molecule has 1 aromatic carbocycles. The number of nitrogens with one attached hydrogen (secondary N) is 1. The first-order valence-electron chi connectivity index (χ1n) is 6.10. The lowest BCUT2D eigenvalue weighted by molar-refractivity contribution is 1.23. The summed E-state index contributed by atoms with van der Waals surface area (Å²) in [5, 5.41) is 9.80. The Labute approximate surface area is 112 Å². The second kappa shape index (κ2) is 3.68. The number of rotatable bonds is 0. The fourth-order valence-corrected chi connectivity index (χ4v) is 2.61. The molecule has 0 unspecified atom stereocenters. The molecule has 0 bridgehead atoms. The number of hydrogen-bond donors (Lipinski definition) is 1. The van der Waals surface area contributed by atoms with Gasteiger partial charge < -0.3 is 4.98 Å². The van der Waals surface area contributed by atoms with Crippen LogP contribution in [-0.4, -0.2) is 14.4 Å². The third kappa shape index (κ3) is 1.20. The highest BCUT2D eigenvalue weighted by Crippen LogP contribution is 2.22. The van der Waals surface area contributed by atoms with Gasteiger partial charge >= 0.3 is 0 Å². The Morgan fingerprint density at radius 1 is 1.20 bits per heavy atom. The van der Waals surface area contributed by atoms with Gasteiger partial charge in [-0.05, 0) is 18.2 Å². The number of fused-ring (bicyclic) bond motifs is 5. The van der Waals surface area contributed by atoms with E-state index < -0.39 is 0 Å². The van der Waals surface area contributed by atoms with Gasteiger partial charge in [0, 0.05) is 6.20 Å². The predicted octanol–water partition coefficient (Wildman–Crippen LogP) is 2.20. The number of imidazole rings is 1. The summed E-state index contributed by atoms with van der Waals surface area (Å²) in [6, 6.07) is 11.3. The summed E-state index contributed by atoms with van der Waals surface area (Å²) in [6.45, 7) is 0. The van der Waals surface area contributed by atoms with E-state index in [1.807, 2.05) is 34.7 Å². The molecule has 5 heteroatoms. The lowest BCUT2D eigenvalue weighted by atomic mass is 10.2. The molecule has 0 aliphatic carbocycles. The number of H-pyrrole nitrogens is 1. The quantitative estimate of drug-likeness (QED) is 0.526. The standard InChI is InChI=1S/C15H8N4O/c16-7-10-14(20)9-5-6-17-8-13(9)19-12-4-2-1-3-11(12)18-15(10)19/h1-6,8,18H. The molecule has 0 fully saturated rings. The van der Waals surface area contributed by atoms with Crippen molar-refractivity contribution in [2.45, 2.75) is 0 Å². The van der Waals surface area contributed by atoms with Crippen molar-refractivity contribution in [1.82, 2.24) is 14.4 Å². The molecule has 0 saturated heterocycles. The van der Waals surface area contributed by atoms with E-state index in [4.69, 9.17) is 0 Å². The zero-order valence-corrected chi connectivity index (χ0v) is 10.3. The van der Waals surface area contributed by atoms with Crippen LogP contribution in [0.15, 0.2) is 47.5 Å². The first-order chi connectivity index (χ1) is 9.81. The number of aromatic nitrogens is 3. The number of hydrogen-bond acceptors (Lipinski definition) is 3. The lowest BCUT2D eigenvalue weighted by Crippen LogP contribution is -2.10. The highest BCUT2D eigenvalue weighted by atomic mass is 16.1. The maximum Gasteiger partial charge on any atom is 0.209 e. The van der Waals surface area contributed by atoms with Crippen LogP contribution in [0.1, 0.15) is 5.56 Å². The number of para-hydroxylation sites is 2. The van der Waals surface area contributed by atoms with E-state index in [0.29, 0.717) is 16.6 Å². The molecular weight excluding hydrogens is 252 g/mol. The van der Waals surface area contributed by atoms with E-state index in [2.05, 4.69) is 9.97 Å². The Kier molecular flexibility index (Phi) is 1.98. The smallest absolute Gasteiger partial charge is 0.209 e. The molecule has 0 aliphatic heterocycles. The van der Waals surface area contributed by atoms with Gasteiger partial charge in [-0.3, -0.25) is 14.2 Å². The van der Waals surface area contributed by atoms with Gasteiger partial charge in [-0.15, -0.1) is 0 Å². The summed E-state index contributed by atoms with van der Waals surface area (Å²) in [5.41, 5.74) is 2.86. The van der Waals surface area contributed by atoms with Crippen LogP contribution in [0.3, 0.4) is 0 Å². The third-order valence-corrected chi connectivity index (χ3v) is 3.48. The van der Waals surface area contributed by atoms with Gasteiger partial charge in [-0.1, -0.05) is 12.1 Å². The highest BCUT2D eigenvalue weighted by Gasteiger charge is 2.15. The van der Waals surface area contributed by atoms with Gasteiger partial charge in [0.1, 0.15) is 17.3 Å². The van der Waals surface area contributed by atoms with Crippen molar-refractivity contribution < 1.29 is 0 Å². The first kappa shape index (κ1) is 10.8. The molecule has 0 atom stereocenters. The zero-order chi connectivity index (χ0) is 13.7. The second-order valence-electron chi connectivity index (χ2n) is 4.53. The van der Waals surface area contributed by atoms with Crippen LogP contribution in [0, 0.1) is 11.3 Å². The van der Waals surface area contributed by atoms with E-state index in [-0.39, 0.29) is 11.0 Å². The minimum Gasteiger partial charge on any atom is -0.338 e. The van der Waals surface area contributed by atoms with Gasteiger partial charge in [-0.25, -0.2) is 0 Å². The Morgan fingerprint density at radius 3 is 2.90 bits per heavy atom. The summed E-state index contributed by atoms with van der Waals surface area (Å²) in [5.74, 6) is 0. The molecule has 0 aliphatic rings. The lowest BCUT2D eigenvalue weighted by Gasteiger charge is -2.03. The summed E-state index contributed by atoms with van der Waals surface area (Å²) in [6.07, 6.45) is 3.21. The minimum absolute atomic E-state index is 0.125. The van der Waals surface area contributed by atoms with E-state index in [9.17, 15) is 10.1 Å². The van der Waals surface area contributed by atoms with Gasteiger partial charge in [0.25, 0.3) is 0 Å². The van der Waals surface area contributed by atoms with Crippen molar-refractivity contribution in [2.75, 3.05) is 0 Å². The molecule has 3 aromatic heterocycles. The predicted molar refractivity (Wildman–Crippen MR) is 75.5 cm³/mol. The molecule has 0 radical (unpaired) electrons. The number of nitrogens with zero attached hydrogens (tertiary/aromatic N) is 3. The third-order valence-electron chi connectivity index (χ3n) is 3.48. The van der Waals surface area contributed by atoms with Crippen molar-refractivity contribution in [1.29, 1.82) is 5.26 Å². The Morgan fingerprint density at radius 2 is 2.05 bits per heavy atom. The van der Waals surface area contributed by atoms with Gasteiger partial charge in [0.05, 0.1) is 28.1 Å². The maximum atomic E-state index is 12.4. The van der Waals surface area contributed by atoms with Gasteiger partial charge in [-0.2, -0.15) is 5.26 Å². The SMILES string of the molecule is N#Cc1c(=O)c2ccncc2n2c1[nH]c1ccccc12. The molecule has 0 saturated carbocycles. The molecule has 20 heavy (non-hydrogen) atoms. The number of pyridine rings is 2.